The van der Waals surface area contributed by atoms with Crippen molar-refractivity contribution in [2.24, 2.45) is 5.73 Å². The van der Waals surface area contributed by atoms with Crippen LogP contribution in [0.5, 0.6) is 0 Å². The van der Waals surface area contributed by atoms with Gasteiger partial charge in [0.1, 0.15) is 0 Å². The van der Waals surface area contributed by atoms with Crippen LogP contribution in [0.1, 0.15) is 27.2 Å². The van der Waals surface area contributed by atoms with Crippen LogP contribution in [-0.2, 0) is 4.79 Å². The van der Waals surface area contributed by atoms with Gasteiger partial charge in [0.2, 0.25) is 5.91 Å². The highest BCUT2D eigenvalue weighted by Crippen LogP contribution is 2.16. The van der Waals surface area contributed by atoms with Gasteiger partial charge in [-0.15, -0.1) is 0 Å². The number of rotatable bonds is 5. The number of primary amides is 1. The Hall–Kier alpha value is -0.540. The molecule has 0 aromatic heterocycles. The summed E-state index contributed by atoms with van der Waals surface area (Å²) in [6.07, 6.45) is 1.04. The third kappa shape index (κ3) is 3.68. The topological polar surface area (TPSA) is 46.3 Å². The number of nitrogens with zero attached hydrogens (tertiary/aromatic N) is 1. The number of likely N-dealkylation sites (N-methyl/N-ethyl adjacent to an activating group) is 1. The van der Waals surface area contributed by atoms with Crippen LogP contribution < -0.4 is 5.73 Å². The van der Waals surface area contributed by atoms with E-state index in [0.29, 0.717) is 10.6 Å². The Labute approximate surface area is 90.9 Å². The standard InChI is InChI=1S/C10H19ClN2O/c1-5-6-13(4)8(3)9(7(2)11)10(12)14/h8H,5-6H2,1-4H3,(H2,12,14)/b9-7-. The van der Waals surface area contributed by atoms with E-state index in [4.69, 9.17) is 17.3 Å². The maximum atomic E-state index is 11.1. The van der Waals surface area contributed by atoms with Gasteiger partial charge in [-0.2, -0.15) is 0 Å². The van der Waals surface area contributed by atoms with Gasteiger partial charge in [-0.05, 0) is 33.9 Å². The lowest BCUT2D eigenvalue weighted by Crippen LogP contribution is -2.36. The monoisotopic (exact) mass is 218 g/mol. The highest BCUT2D eigenvalue weighted by Gasteiger charge is 2.19. The minimum Gasteiger partial charge on any atom is -0.366 e. The normalized spacial score (nSPS) is 15.3. The summed E-state index contributed by atoms with van der Waals surface area (Å²) < 4.78 is 0. The predicted molar refractivity (Wildman–Crippen MR) is 60.1 cm³/mol. The molecule has 0 aliphatic heterocycles. The van der Waals surface area contributed by atoms with Crippen LogP contribution in [0.15, 0.2) is 10.6 Å². The Balaban J connectivity index is 4.70. The molecular weight excluding hydrogens is 200 g/mol. The van der Waals surface area contributed by atoms with E-state index in [-0.39, 0.29) is 6.04 Å². The quantitative estimate of drug-likeness (QED) is 0.715. The molecule has 0 fully saturated rings. The number of hydrogen-bond acceptors (Lipinski definition) is 2. The molecule has 0 rings (SSSR count). The van der Waals surface area contributed by atoms with Gasteiger partial charge in [-0.1, -0.05) is 18.5 Å². The number of hydrogen-bond donors (Lipinski definition) is 1. The molecule has 0 heterocycles. The second-order valence-corrected chi connectivity index (χ2v) is 4.03. The fraction of sp³-hybridized carbons (Fsp3) is 0.700. The van der Waals surface area contributed by atoms with Crippen LogP contribution in [-0.4, -0.2) is 30.4 Å². The van der Waals surface area contributed by atoms with Crippen LogP contribution in [0.4, 0.5) is 0 Å². The Morgan fingerprint density at radius 3 is 2.36 bits per heavy atom. The smallest absolute Gasteiger partial charge is 0.247 e. The third-order valence-electron chi connectivity index (χ3n) is 2.29. The minimum atomic E-state index is -0.437. The number of nitrogens with two attached hydrogens (primary N) is 1. The molecule has 1 unspecified atom stereocenters. The SMILES string of the molecule is CCCN(C)C(C)/C(C(N)=O)=C(\C)Cl. The van der Waals surface area contributed by atoms with Crippen molar-refractivity contribution in [3.63, 3.8) is 0 Å². The van der Waals surface area contributed by atoms with Gasteiger partial charge in [-0.25, -0.2) is 0 Å². The first kappa shape index (κ1) is 13.5. The molecule has 1 atom stereocenters. The summed E-state index contributed by atoms with van der Waals surface area (Å²) in [4.78, 5) is 13.2. The number of carbonyl (C=O) groups is 1. The molecule has 0 saturated carbocycles. The summed E-state index contributed by atoms with van der Waals surface area (Å²) in [5.41, 5.74) is 5.77. The second kappa shape index (κ2) is 6.04. The van der Waals surface area contributed by atoms with E-state index in [1.165, 1.54) is 0 Å². The highest BCUT2D eigenvalue weighted by atomic mass is 35.5. The van der Waals surface area contributed by atoms with E-state index in [1.54, 1.807) is 6.92 Å². The highest BCUT2D eigenvalue weighted by molar-refractivity contribution is 6.31. The maximum absolute atomic E-state index is 11.1. The van der Waals surface area contributed by atoms with Crippen LogP contribution in [0.2, 0.25) is 0 Å². The lowest BCUT2D eigenvalue weighted by molar-refractivity contribution is -0.115. The average molecular weight is 219 g/mol. The largest absolute Gasteiger partial charge is 0.366 e. The maximum Gasteiger partial charge on any atom is 0.247 e. The molecule has 0 bridgehead atoms. The molecule has 0 saturated heterocycles. The fourth-order valence-electron chi connectivity index (χ4n) is 1.43. The minimum absolute atomic E-state index is 0.0232. The van der Waals surface area contributed by atoms with E-state index in [1.807, 2.05) is 14.0 Å². The number of carbonyl (C=O) groups excluding carboxylic acids is 1. The molecule has 4 heteroatoms. The van der Waals surface area contributed by atoms with E-state index >= 15 is 0 Å². The Morgan fingerprint density at radius 2 is 2.07 bits per heavy atom. The van der Waals surface area contributed by atoms with Crippen molar-refractivity contribution in [1.29, 1.82) is 0 Å². The van der Waals surface area contributed by atoms with E-state index in [0.717, 1.165) is 13.0 Å². The Kier molecular flexibility index (Phi) is 5.81. The van der Waals surface area contributed by atoms with Crippen molar-refractivity contribution in [2.75, 3.05) is 13.6 Å². The molecule has 0 aromatic carbocycles. The van der Waals surface area contributed by atoms with Crippen molar-refractivity contribution in [1.82, 2.24) is 4.90 Å². The van der Waals surface area contributed by atoms with Crippen LogP contribution >= 0.6 is 11.6 Å². The zero-order valence-corrected chi connectivity index (χ0v) is 10.1. The lowest BCUT2D eigenvalue weighted by atomic mass is 10.1. The van der Waals surface area contributed by atoms with Crippen molar-refractivity contribution in [2.45, 2.75) is 33.2 Å². The first-order valence-electron chi connectivity index (χ1n) is 4.78. The summed E-state index contributed by atoms with van der Waals surface area (Å²) in [5, 5.41) is 0.480. The predicted octanol–water partition coefficient (Wildman–Crippen LogP) is 1.71. The molecular formula is C10H19ClN2O. The molecule has 14 heavy (non-hydrogen) atoms. The Morgan fingerprint density at radius 1 is 1.57 bits per heavy atom. The number of amides is 1. The molecule has 2 N–H and O–H groups in total. The Bertz CT molecular complexity index is 234. The summed E-state index contributed by atoms with van der Waals surface area (Å²) >= 11 is 5.83. The number of halogens is 1. The van der Waals surface area contributed by atoms with E-state index < -0.39 is 5.91 Å². The van der Waals surface area contributed by atoms with Gasteiger partial charge in [0.25, 0.3) is 0 Å². The molecule has 82 valence electrons. The molecule has 0 radical (unpaired) electrons. The van der Waals surface area contributed by atoms with Gasteiger partial charge in [-0.3, -0.25) is 9.69 Å². The molecule has 0 aromatic rings. The third-order valence-corrected chi connectivity index (χ3v) is 2.50. The summed E-state index contributed by atoms with van der Waals surface area (Å²) in [6, 6.07) is -0.0232. The van der Waals surface area contributed by atoms with Gasteiger partial charge < -0.3 is 5.73 Å². The first-order chi connectivity index (χ1) is 6.41. The van der Waals surface area contributed by atoms with Crippen LogP contribution in [0.3, 0.4) is 0 Å². The van der Waals surface area contributed by atoms with Crippen molar-refractivity contribution < 1.29 is 4.79 Å². The summed E-state index contributed by atoms with van der Waals surface area (Å²) in [7, 11) is 1.96. The fourth-order valence-corrected chi connectivity index (χ4v) is 1.68. The molecule has 3 nitrogen and oxygen atoms in total. The first-order valence-corrected chi connectivity index (χ1v) is 5.15. The lowest BCUT2D eigenvalue weighted by Gasteiger charge is -2.25. The van der Waals surface area contributed by atoms with Crippen molar-refractivity contribution in [3.8, 4) is 0 Å². The summed E-state index contributed by atoms with van der Waals surface area (Å²) in [6.45, 7) is 6.63. The second-order valence-electron chi connectivity index (χ2n) is 3.47. The zero-order chi connectivity index (χ0) is 11.3. The molecule has 1 amide bonds. The van der Waals surface area contributed by atoms with Crippen molar-refractivity contribution >= 4 is 17.5 Å². The summed E-state index contributed by atoms with van der Waals surface area (Å²) in [5.74, 6) is -0.437. The molecule has 0 aliphatic carbocycles. The number of allylic oxidation sites excluding steroid dienone is 1. The molecule has 0 aliphatic rings. The molecule has 0 spiro atoms. The van der Waals surface area contributed by atoms with Crippen LogP contribution in [0.25, 0.3) is 0 Å². The van der Waals surface area contributed by atoms with Gasteiger partial charge in [0.05, 0.1) is 0 Å². The zero-order valence-electron chi connectivity index (χ0n) is 9.30. The van der Waals surface area contributed by atoms with Gasteiger partial charge >= 0.3 is 0 Å². The van der Waals surface area contributed by atoms with Gasteiger partial charge in [0, 0.05) is 16.6 Å². The average Bonchev–Trinajstić information content (AvgIpc) is 2.03. The van der Waals surface area contributed by atoms with Crippen LogP contribution in [0, 0.1) is 0 Å². The van der Waals surface area contributed by atoms with E-state index in [9.17, 15) is 4.79 Å². The van der Waals surface area contributed by atoms with Crippen molar-refractivity contribution in [3.05, 3.63) is 10.6 Å². The van der Waals surface area contributed by atoms with Gasteiger partial charge in [0.15, 0.2) is 0 Å². The van der Waals surface area contributed by atoms with E-state index in [2.05, 4.69) is 11.8 Å².